The summed E-state index contributed by atoms with van der Waals surface area (Å²) < 4.78 is 16.9. The molecule has 1 fully saturated rings. The van der Waals surface area contributed by atoms with Crippen LogP contribution in [0.4, 0.5) is 10.2 Å². The van der Waals surface area contributed by atoms with E-state index in [9.17, 15) is 4.39 Å². The van der Waals surface area contributed by atoms with E-state index in [2.05, 4.69) is 37.3 Å². The summed E-state index contributed by atoms with van der Waals surface area (Å²) >= 11 is 1.81. The fraction of sp³-hybridized carbons (Fsp3) is 0.400. The molecule has 0 saturated carbocycles. The van der Waals surface area contributed by atoms with Crippen molar-refractivity contribution < 1.29 is 4.39 Å². The number of hydrogen-bond acceptors (Lipinski definition) is 5. The summed E-state index contributed by atoms with van der Waals surface area (Å²) in [6.07, 6.45) is 5.63. The summed E-state index contributed by atoms with van der Waals surface area (Å²) in [5.41, 5.74) is 2.21. The van der Waals surface area contributed by atoms with Crippen LogP contribution in [0.3, 0.4) is 0 Å². The highest BCUT2D eigenvalue weighted by Crippen LogP contribution is 2.29. The molecule has 1 aliphatic rings. The predicted octanol–water partition coefficient (Wildman–Crippen LogP) is 4.33. The fourth-order valence-corrected chi connectivity index (χ4v) is 4.55. The van der Waals surface area contributed by atoms with Crippen LogP contribution < -0.4 is 4.90 Å². The third kappa shape index (κ3) is 3.66. The average molecular weight is 386 g/mol. The zero-order chi connectivity index (χ0) is 18.8. The van der Waals surface area contributed by atoms with Crippen molar-refractivity contribution >= 4 is 28.8 Å². The van der Waals surface area contributed by atoms with Gasteiger partial charge in [0.05, 0.1) is 22.8 Å². The Morgan fingerprint density at radius 1 is 1.30 bits per heavy atom. The molecule has 5 nitrogen and oxygen atoms in total. The van der Waals surface area contributed by atoms with Crippen molar-refractivity contribution in [2.75, 3.05) is 30.8 Å². The highest BCUT2D eigenvalue weighted by Gasteiger charge is 2.25. The van der Waals surface area contributed by atoms with E-state index in [1.807, 2.05) is 42.3 Å². The molecule has 0 unspecified atom stereocenters. The summed E-state index contributed by atoms with van der Waals surface area (Å²) in [5.74, 6) is 1.01. The summed E-state index contributed by atoms with van der Waals surface area (Å²) in [6.45, 7) is 5.11. The monoisotopic (exact) mass is 385 g/mol. The zero-order valence-electron chi connectivity index (χ0n) is 15.7. The van der Waals surface area contributed by atoms with E-state index in [4.69, 9.17) is 0 Å². The highest BCUT2D eigenvalue weighted by atomic mass is 32.2. The van der Waals surface area contributed by atoms with Crippen LogP contribution in [0.2, 0.25) is 0 Å². The first-order valence-corrected chi connectivity index (χ1v) is 10.5. The molecule has 1 aliphatic heterocycles. The minimum Gasteiger partial charge on any atom is -0.356 e. The predicted molar refractivity (Wildman–Crippen MR) is 110 cm³/mol. The number of H-pyrrole nitrogens is 1. The standard InChI is InChI=1S/C20H24FN5S/c1-3-26(27-2)14-8-10-25(11-9-14)19-12-15(16(21)13-22-19)20-23-17-6-4-5-7-18(17)24-20/h4-7,12-14H,3,8-11H2,1-2H3,(H,23,24). The van der Waals surface area contributed by atoms with E-state index in [0.717, 1.165) is 49.3 Å². The maximum Gasteiger partial charge on any atom is 0.152 e. The summed E-state index contributed by atoms with van der Waals surface area (Å²) in [6, 6.07) is 10.2. The van der Waals surface area contributed by atoms with Crippen LogP contribution in [0.25, 0.3) is 22.4 Å². The number of para-hydroxylation sites is 2. The first-order valence-electron chi connectivity index (χ1n) is 9.36. The normalized spacial score (nSPS) is 15.8. The molecule has 3 aromatic rings. The molecule has 0 amide bonds. The molecule has 0 aliphatic carbocycles. The number of aromatic nitrogens is 3. The van der Waals surface area contributed by atoms with Gasteiger partial charge in [-0.3, -0.25) is 0 Å². The van der Waals surface area contributed by atoms with E-state index >= 15 is 0 Å². The van der Waals surface area contributed by atoms with E-state index in [1.165, 1.54) is 6.20 Å². The van der Waals surface area contributed by atoms with Crippen molar-refractivity contribution in [2.45, 2.75) is 25.8 Å². The number of hydrogen-bond donors (Lipinski definition) is 1. The highest BCUT2D eigenvalue weighted by molar-refractivity contribution is 7.96. The van der Waals surface area contributed by atoms with E-state index in [-0.39, 0.29) is 5.82 Å². The Morgan fingerprint density at radius 3 is 2.78 bits per heavy atom. The number of rotatable bonds is 5. The number of piperidine rings is 1. The molecule has 0 spiro atoms. The van der Waals surface area contributed by atoms with E-state index in [0.29, 0.717) is 17.4 Å². The second-order valence-corrected chi connectivity index (χ2v) is 7.59. The largest absolute Gasteiger partial charge is 0.356 e. The Morgan fingerprint density at radius 2 is 2.07 bits per heavy atom. The van der Waals surface area contributed by atoms with Gasteiger partial charge in [0.2, 0.25) is 0 Å². The lowest BCUT2D eigenvalue weighted by Crippen LogP contribution is -2.42. The maximum absolute atomic E-state index is 14.5. The van der Waals surface area contributed by atoms with Gasteiger partial charge in [-0.2, -0.15) is 0 Å². The Balaban J connectivity index is 1.56. The quantitative estimate of drug-likeness (QED) is 0.663. The topological polar surface area (TPSA) is 48.0 Å². The van der Waals surface area contributed by atoms with Gasteiger partial charge in [0.1, 0.15) is 11.6 Å². The van der Waals surface area contributed by atoms with E-state index < -0.39 is 0 Å². The van der Waals surface area contributed by atoms with Gasteiger partial charge in [-0.1, -0.05) is 31.0 Å². The molecule has 4 rings (SSSR count). The number of nitrogens with zero attached hydrogens (tertiary/aromatic N) is 4. The molecule has 3 heterocycles. The van der Waals surface area contributed by atoms with Crippen molar-refractivity contribution in [1.29, 1.82) is 0 Å². The zero-order valence-corrected chi connectivity index (χ0v) is 16.5. The van der Waals surface area contributed by atoms with Gasteiger partial charge in [0.15, 0.2) is 5.82 Å². The molecular formula is C20H24FN5S. The van der Waals surface area contributed by atoms with Gasteiger partial charge in [-0.05, 0) is 37.3 Å². The van der Waals surface area contributed by atoms with Crippen molar-refractivity contribution in [3.05, 3.63) is 42.3 Å². The molecule has 2 aromatic heterocycles. The first-order chi connectivity index (χ1) is 13.2. The van der Waals surface area contributed by atoms with Gasteiger partial charge < -0.3 is 9.88 Å². The molecule has 142 valence electrons. The Kier molecular flexibility index (Phi) is 5.31. The van der Waals surface area contributed by atoms with Crippen LogP contribution in [0, 0.1) is 5.82 Å². The van der Waals surface area contributed by atoms with Gasteiger partial charge in [0.25, 0.3) is 0 Å². The van der Waals surface area contributed by atoms with Crippen LogP contribution in [-0.4, -0.2) is 51.2 Å². The van der Waals surface area contributed by atoms with Crippen molar-refractivity contribution in [3.8, 4) is 11.4 Å². The summed E-state index contributed by atoms with van der Waals surface area (Å²) in [5, 5.41) is 0. The lowest BCUT2D eigenvalue weighted by Gasteiger charge is -2.37. The summed E-state index contributed by atoms with van der Waals surface area (Å²) in [7, 11) is 0. The molecule has 1 aromatic carbocycles. The molecule has 0 atom stereocenters. The Bertz CT molecular complexity index is 883. The molecule has 7 heteroatoms. The van der Waals surface area contributed by atoms with Gasteiger partial charge in [0, 0.05) is 25.7 Å². The molecule has 1 N–H and O–H groups in total. The lowest BCUT2D eigenvalue weighted by atomic mass is 10.0. The number of halogens is 1. The number of benzene rings is 1. The second kappa shape index (κ2) is 7.86. The molecule has 0 radical (unpaired) electrons. The molecule has 0 bridgehead atoms. The van der Waals surface area contributed by atoms with Crippen LogP contribution in [0.15, 0.2) is 36.5 Å². The molecule has 27 heavy (non-hydrogen) atoms. The number of fused-ring (bicyclic) bond motifs is 1. The Hall–Kier alpha value is -2.12. The second-order valence-electron chi connectivity index (χ2n) is 6.76. The number of imidazole rings is 1. The van der Waals surface area contributed by atoms with E-state index in [1.54, 1.807) is 0 Å². The van der Waals surface area contributed by atoms with Gasteiger partial charge in [-0.15, -0.1) is 0 Å². The van der Waals surface area contributed by atoms with Crippen molar-refractivity contribution in [3.63, 3.8) is 0 Å². The molecule has 1 saturated heterocycles. The average Bonchev–Trinajstić information content (AvgIpc) is 3.14. The van der Waals surface area contributed by atoms with Crippen LogP contribution in [-0.2, 0) is 0 Å². The first kappa shape index (κ1) is 18.3. The van der Waals surface area contributed by atoms with Crippen molar-refractivity contribution in [2.24, 2.45) is 0 Å². The van der Waals surface area contributed by atoms with Crippen LogP contribution in [0.1, 0.15) is 19.8 Å². The Labute approximate surface area is 163 Å². The van der Waals surface area contributed by atoms with Gasteiger partial charge >= 0.3 is 0 Å². The third-order valence-corrected chi connectivity index (χ3v) is 6.25. The van der Waals surface area contributed by atoms with Crippen LogP contribution in [0.5, 0.6) is 0 Å². The van der Waals surface area contributed by atoms with Gasteiger partial charge in [-0.25, -0.2) is 18.7 Å². The third-order valence-electron chi connectivity index (χ3n) is 5.23. The SMILES string of the molecule is CCN(SC)C1CCN(c2cc(-c3nc4ccccc4[nH]3)c(F)cn2)CC1. The summed E-state index contributed by atoms with van der Waals surface area (Å²) in [4.78, 5) is 14.3. The lowest BCUT2D eigenvalue weighted by molar-refractivity contribution is 0.308. The number of aromatic amines is 1. The smallest absolute Gasteiger partial charge is 0.152 e. The minimum absolute atomic E-state index is 0.354. The minimum atomic E-state index is -0.354. The fourth-order valence-electron chi connectivity index (χ4n) is 3.78. The maximum atomic E-state index is 14.5. The molecular weight excluding hydrogens is 361 g/mol. The van der Waals surface area contributed by atoms with Crippen molar-refractivity contribution in [1.82, 2.24) is 19.3 Å². The number of nitrogens with one attached hydrogen (secondary N) is 1. The number of pyridine rings is 1. The van der Waals surface area contributed by atoms with Crippen LogP contribution >= 0.6 is 11.9 Å². The number of anilines is 1.